The van der Waals surface area contributed by atoms with Gasteiger partial charge in [-0.3, -0.25) is 4.90 Å². The van der Waals surface area contributed by atoms with Gasteiger partial charge >= 0.3 is 0 Å². The summed E-state index contributed by atoms with van der Waals surface area (Å²) in [5.74, 6) is 0.897. The molecule has 3 heteroatoms. The summed E-state index contributed by atoms with van der Waals surface area (Å²) in [6.45, 7) is 3.34. The molecule has 2 N–H and O–H groups in total. The van der Waals surface area contributed by atoms with Crippen LogP contribution in [0.1, 0.15) is 37.8 Å². The molecular weight excluding hydrogens is 288 g/mol. The number of benzene rings is 1. The standard InChI is InChI=1S/C15H23BrN2/c1-3-14(17)15(18(2)10-11-7-8-11)12-5-4-6-13(16)9-12/h4-6,9,11,14-15H,3,7-8,10,17H2,1-2H3. The Morgan fingerprint density at radius 1 is 1.44 bits per heavy atom. The Hall–Kier alpha value is -0.380. The molecule has 2 unspecified atom stereocenters. The van der Waals surface area contributed by atoms with Gasteiger partial charge < -0.3 is 5.73 Å². The molecule has 0 amide bonds. The van der Waals surface area contributed by atoms with Gasteiger partial charge in [0.15, 0.2) is 0 Å². The zero-order chi connectivity index (χ0) is 13.1. The van der Waals surface area contributed by atoms with E-state index in [4.69, 9.17) is 5.73 Å². The molecule has 1 fully saturated rings. The van der Waals surface area contributed by atoms with Crippen LogP contribution in [0.25, 0.3) is 0 Å². The van der Waals surface area contributed by atoms with Gasteiger partial charge in [-0.2, -0.15) is 0 Å². The van der Waals surface area contributed by atoms with Crippen LogP contribution in [0.2, 0.25) is 0 Å². The predicted octanol–water partition coefficient (Wildman–Crippen LogP) is 3.57. The molecule has 2 nitrogen and oxygen atoms in total. The lowest BCUT2D eigenvalue weighted by Gasteiger charge is -2.33. The topological polar surface area (TPSA) is 29.3 Å². The van der Waals surface area contributed by atoms with Gasteiger partial charge in [-0.25, -0.2) is 0 Å². The quantitative estimate of drug-likeness (QED) is 0.870. The molecule has 0 bridgehead atoms. The number of rotatable bonds is 6. The van der Waals surface area contributed by atoms with E-state index in [2.05, 4.69) is 59.1 Å². The fraction of sp³-hybridized carbons (Fsp3) is 0.600. The van der Waals surface area contributed by atoms with Crippen molar-refractivity contribution in [3.63, 3.8) is 0 Å². The maximum absolute atomic E-state index is 6.34. The smallest absolute Gasteiger partial charge is 0.0496 e. The van der Waals surface area contributed by atoms with Crippen LogP contribution in [0.15, 0.2) is 28.7 Å². The molecular formula is C15H23BrN2. The van der Waals surface area contributed by atoms with Crippen LogP contribution in [0.4, 0.5) is 0 Å². The molecule has 100 valence electrons. The first-order chi connectivity index (χ1) is 8.61. The average Bonchev–Trinajstić information content (AvgIpc) is 3.13. The Labute approximate surface area is 119 Å². The van der Waals surface area contributed by atoms with E-state index >= 15 is 0 Å². The molecule has 0 spiro atoms. The third-order valence-corrected chi connectivity index (χ3v) is 4.28. The minimum atomic E-state index is 0.197. The molecule has 1 aliphatic carbocycles. The van der Waals surface area contributed by atoms with Crippen molar-refractivity contribution >= 4 is 15.9 Å². The number of halogens is 1. The molecule has 2 atom stereocenters. The van der Waals surface area contributed by atoms with Crippen LogP contribution in [0, 0.1) is 5.92 Å². The highest BCUT2D eigenvalue weighted by molar-refractivity contribution is 9.10. The summed E-state index contributed by atoms with van der Waals surface area (Å²) in [6, 6.07) is 9.08. The number of nitrogens with two attached hydrogens (primary N) is 1. The van der Waals surface area contributed by atoms with Crippen LogP contribution < -0.4 is 5.73 Å². The largest absolute Gasteiger partial charge is 0.326 e. The van der Waals surface area contributed by atoms with Crippen LogP contribution in [-0.2, 0) is 0 Å². The Morgan fingerprint density at radius 2 is 2.17 bits per heavy atom. The monoisotopic (exact) mass is 310 g/mol. The first kappa shape index (κ1) is 14.0. The lowest BCUT2D eigenvalue weighted by atomic mass is 9.96. The molecule has 0 radical (unpaired) electrons. The van der Waals surface area contributed by atoms with Gasteiger partial charge in [-0.15, -0.1) is 0 Å². The molecule has 0 heterocycles. The second kappa shape index (κ2) is 6.18. The molecule has 1 aromatic rings. The summed E-state index contributed by atoms with van der Waals surface area (Å²) in [4.78, 5) is 2.44. The summed E-state index contributed by atoms with van der Waals surface area (Å²) in [6.07, 6.45) is 3.78. The summed E-state index contributed by atoms with van der Waals surface area (Å²) in [5.41, 5.74) is 7.66. The van der Waals surface area contributed by atoms with Crippen molar-refractivity contribution in [3.05, 3.63) is 34.3 Å². The van der Waals surface area contributed by atoms with E-state index in [1.807, 2.05) is 0 Å². The lowest BCUT2D eigenvalue weighted by Crippen LogP contribution is -2.39. The van der Waals surface area contributed by atoms with E-state index in [0.29, 0.717) is 6.04 Å². The van der Waals surface area contributed by atoms with Crippen LogP contribution in [0.5, 0.6) is 0 Å². The highest BCUT2D eigenvalue weighted by Gasteiger charge is 2.29. The van der Waals surface area contributed by atoms with E-state index < -0.39 is 0 Å². The lowest BCUT2D eigenvalue weighted by molar-refractivity contribution is 0.202. The fourth-order valence-corrected chi connectivity index (χ4v) is 2.98. The third kappa shape index (κ3) is 3.56. The van der Waals surface area contributed by atoms with Crippen molar-refractivity contribution < 1.29 is 0 Å². The molecule has 0 aromatic heterocycles. The van der Waals surface area contributed by atoms with E-state index in [1.54, 1.807) is 0 Å². The van der Waals surface area contributed by atoms with Gasteiger partial charge in [-0.1, -0.05) is 35.0 Å². The number of nitrogens with zero attached hydrogens (tertiary/aromatic N) is 1. The first-order valence-corrected chi connectivity index (χ1v) is 7.62. The number of likely N-dealkylation sites (N-methyl/N-ethyl adjacent to an activating group) is 1. The molecule has 0 saturated heterocycles. The summed E-state index contributed by atoms with van der Waals surface area (Å²) in [5, 5.41) is 0. The van der Waals surface area contributed by atoms with Gasteiger partial charge in [0.25, 0.3) is 0 Å². The summed E-state index contributed by atoms with van der Waals surface area (Å²) in [7, 11) is 2.21. The van der Waals surface area contributed by atoms with E-state index in [-0.39, 0.29) is 6.04 Å². The normalized spacial score (nSPS) is 18.9. The fourth-order valence-electron chi connectivity index (χ4n) is 2.56. The van der Waals surface area contributed by atoms with Gasteiger partial charge in [0.2, 0.25) is 0 Å². The summed E-state index contributed by atoms with van der Waals surface area (Å²) < 4.78 is 1.13. The van der Waals surface area contributed by atoms with Gasteiger partial charge in [0.1, 0.15) is 0 Å². The second-order valence-electron chi connectivity index (χ2n) is 5.45. The molecule has 1 aliphatic rings. The Balaban J connectivity index is 2.17. The van der Waals surface area contributed by atoms with Crippen molar-refractivity contribution in [2.24, 2.45) is 11.7 Å². The average molecular weight is 311 g/mol. The highest BCUT2D eigenvalue weighted by Crippen LogP contribution is 2.33. The van der Waals surface area contributed by atoms with Crippen LogP contribution in [0.3, 0.4) is 0 Å². The van der Waals surface area contributed by atoms with Gasteiger partial charge in [0, 0.05) is 23.1 Å². The predicted molar refractivity (Wildman–Crippen MR) is 80.5 cm³/mol. The molecule has 18 heavy (non-hydrogen) atoms. The van der Waals surface area contributed by atoms with Gasteiger partial charge in [0.05, 0.1) is 0 Å². The number of hydrogen-bond acceptors (Lipinski definition) is 2. The van der Waals surface area contributed by atoms with E-state index in [1.165, 1.54) is 24.9 Å². The highest BCUT2D eigenvalue weighted by atomic mass is 79.9. The third-order valence-electron chi connectivity index (χ3n) is 3.79. The Bertz CT molecular complexity index is 390. The van der Waals surface area contributed by atoms with Crippen molar-refractivity contribution in [1.29, 1.82) is 0 Å². The minimum Gasteiger partial charge on any atom is -0.326 e. The maximum atomic E-state index is 6.34. The zero-order valence-electron chi connectivity index (χ0n) is 11.3. The molecule has 1 aromatic carbocycles. The SMILES string of the molecule is CCC(N)C(c1cccc(Br)c1)N(C)CC1CC1. The van der Waals surface area contributed by atoms with Crippen molar-refractivity contribution in [3.8, 4) is 0 Å². The van der Waals surface area contributed by atoms with E-state index in [9.17, 15) is 0 Å². The van der Waals surface area contributed by atoms with Crippen molar-refractivity contribution in [2.45, 2.75) is 38.3 Å². The maximum Gasteiger partial charge on any atom is 0.0496 e. The minimum absolute atomic E-state index is 0.197. The number of hydrogen-bond donors (Lipinski definition) is 1. The molecule has 1 saturated carbocycles. The first-order valence-electron chi connectivity index (χ1n) is 6.83. The van der Waals surface area contributed by atoms with Crippen molar-refractivity contribution in [2.75, 3.05) is 13.6 Å². The zero-order valence-corrected chi connectivity index (χ0v) is 12.9. The Kier molecular flexibility index (Phi) is 4.82. The molecule has 2 rings (SSSR count). The van der Waals surface area contributed by atoms with Crippen molar-refractivity contribution in [1.82, 2.24) is 4.90 Å². The molecule has 0 aliphatic heterocycles. The van der Waals surface area contributed by atoms with Crippen LogP contribution in [-0.4, -0.2) is 24.5 Å². The summed E-state index contributed by atoms with van der Waals surface area (Å²) >= 11 is 3.55. The van der Waals surface area contributed by atoms with E-state index in [0.717, 1.165) is 16.8 Å². The van der Waals surface area contributed by atoms with Gasteiger partial charge in [-0.05, 0) is 49.9 Å². The Morgan fingerprint density at radius 3 is 2.72 bits per heavy atom. The van der Waals surface area contributed by atoms with Crippen LogP contribution >= 0.6 is 15.9 Å². The second-order valence-corrected chi connectivity index (χ2v) is 6.37.